The second-order valence-electron chi connectivity index (χ2n) is 5.56. The van der Waals surface area contributed by atoms with Gasteiger partial charge in [-0.3, -0.25) is 0 Å². The summed E-state index contributed by atoms with van der Waals surface area (Å²) in [5.41, 5.74) is -1.75. The molecule has 0 bridgehead atoms. The molecule has 1 aromatic heterocycles. The number of nitrogens with zero attached hydrogens (tertiary/aromatic N) is 4. The molecule has 0 amide bonds. The maximum atomic E-state index is 14.2. The number of hydrogen-bond donors (Lipinski definition) is 2. The fourth-order valence-electron chi connectivity index (χ4n) is 2.19. The van der Waals surface area contributed by atoms with Crippen LogP contribution in [0.2, 0.25) is 0 Å². The number of halogens is 6. The summed E-state index contributed by atoms with van der Waals surface area (Å²) in [5, 5.41) is 24.1. The lowest BCUT2D eigenvalue weighted by atomic mass is 10.2. The summed E-state index contributed by atoms with van der Waals surface area (Å²) in [6, 6.07) is 4.87. The van der Waals surface area contributed by atoms with Crippen LogP contribution < -0.4 is 10.1 Å². The highest BCUT2D eigenvalue weighted by atomic mass is 19.4. The van der Waals surface area contributed by atoms with E-state index in [2.05, 4.69) is 25.9 Å². The topological polar surface area (TPSA) is 99.5 Å². The van der Waals surface area contributed by atoms with E-state index in [1.54, 1.807) is 6.07 Å². The van der Waals surface area contributed by atoms with Crippen LogP contribution in [0.25, 0.3) is 5.57 Å². The summed E-state index contributed by atoms with van der Waals surface area (Å²) in [7, 11) is 0. The van der Waals surface area contributed by atoms with Crippen LogP contribution in [0.4, 0.5) is 32.0 Å². The number of nitrogens with one attached hydrogen (secondary N) is 2. The van der Waals surface area contributed by atoms with Gasteiger partial charge in [0.2, 0.25) is 5.82 Å². The lowest BCUT2D eigenvalue weighted by Crippen LogP contribution is -2.07. The first-order chi connectivity index (χ1) is 14.2. The highest BCUT2D eigenvalue weighted by Gasteiger charge is 2.33. The van der Waals surface area contributed by atoms with Crippen molar-refractivity contribution < 1.29 is 31.1 Å². The number of nitriles is 1. The van der Waals surface area contributed by atoms with E-state index in [1.165, 1.54) is 0 Å². The maximum absolute atomic E-state index is 14.2. The van der Waals surface area contributed by atoms with Gasteiger partial charge in [-0.15, -0.1) is 10.2 Å². The Hall–Kier alpha value is -4.08. The van der Waals surface area contributed by atoms with Crippen molar-refractivity contribution in [2.75, 3.05) is 5.32 Å². The zero-order chi connectivity index (χ0) is 21.9. The molecule has 1 heterocycles. The molecule has 0 aliphatic carbocycles. The quantitative estimate of drug-likeness (QED) is 0.463. The average molecular weight is 426 g/mol. The second-order valence-corrected chi connectivity index (χ2v) is 5.56. The summed E-state index contributed by atoms with van der Waals surface area (Å²) in [6.07, 6.45) is -3.85. The van der Waals surface area contributed by atoms with Gasteiger partial charge in [0, 0.05) is 12.3 Å². The van der Waals surface area contributed by atoms with E-state index >= 15 is 0 Å². The van der Waals surface area contributed by atoms with Crippen molar-refractivity contribution in [2.24, 2.45) is 0 Å². The van der Waals surface area contributed by atoms with E-state index in [1.807, 2.05) is 0 Å². The molecule has 154 valence electrons. The van der Waals surface area contributed by atoms with Crippen LogP contribution in [0.3, 0.4) is 0 Å². The van der Waals surface area contributed by atoms with Crippen LogP contribution in [0.5, 0.6) is 11.5 Å². The van der Waals surface area contributed by atoms with Gasteiger partial charge in [-0.25, -0.2) is 13.2 Å². The van der Waals surface area contributed by atoms with E-state index in [4.69, 9.17) is 10.00 Å². The predicted octanol–water partition coefficient (Wildman–Crippen LogP) is 4.40. The second kappa shape index (κ2) is 8.11. The molecular formula is C17H8F6N6O. The van der Waals surface area contributed by atoms with Crippen molar-refractivity contribution in [1.29, 1.82) is 5.26 Å². The highest BCUT2D eigenvalue weighted by molar-refractivity contribution is 5.74. The molecule has 0 aliphatic heterocycles. The number of allylic oxidation sites excluding steroid dienone is 1. The highest BCUT2D eigenvalue weighted by Crippen LogP contribution is 2.36. The Morgan fingerprint density at radius 3 is 2.33 bits per heavy atom. The van der Waals surface area contributed by atoms with Crippen molar-refractivity contribution in [3.05, 3.63) is 65.4 Å². The monoisotopic (exact) mass is 426 g/mol. The van der Waals surface area contributed by atoms with Gasteiger partial charge in [0.1, 0.15) is 23.2 Å². The number of anilines is 1. The van der Waals surface area contributed by atoms with Gasteiger partial charge in [0.25, 0.3) is 0 Å². The molecular weight excluding hydrogens is 418 g/mol. The summed E-state index contributed by atoms with van der Waals surface area (Å²) >= 11 is 0. The SMILES string of the molecule is N#CC(=CNc1ccc(Oc2c(F)cc(C(F)(F)F)cc2F)cc1F)c1nn[nH]n1. The summed E-state index contributed by atoms with van der Waals surface area (Å²) in [4.78, 5) is 0. The van der Waals surface area contributed by atoms with Crippen molar-refractivity contribution in [3.63, 3.8) is 0 Å². The van der Waals surface area contributed by atoms with E-state index in [0.717, 1.165) is 24.4 Å². The van der Waals surface area contributed by atoms with E-state index in [9.17, 15) is 26.3 Å². The standard InChI is InChI=1S/C17H8F6N6O/c18-11-5-10(30-15-12(19)3-9(4-13(15)20)17(21,22)23)1-2-14(11)25-7-8(6-24)16-26-28-29-27-16/h1-5,7,25H,(H,26,27,28,29). The van der Waals surface area contributed by atoms with Crippen LogP contribution in [0.15, 0.2) is 36.5 Å². The van der Waals surface area contributed by atoms with Crippen LogP contribution in [0, 0.1) is 28.8 Å². The molecule has 30 heavy (non-hydrogen) atoms. The van der Waals surface area contributed by atoms with Gasteiger partial charge in [-0.1, -0.05) is 0 Å². The summed E-state index contributed by atoms with van der Waals surface area (Å²) < 4.78 is 84.6. The smallest absolute Gasteiger partial charge is 0.416 e. The number of H-pyrrole nitrogens is 1. The van der Waals surface area contributed by atoms with Gasteiger partial charge in [0.15, 0.2) is 17.4 Å². The Bertz CT molecular complexity index is 1110. The van der Waals surface area contributed by atoms with Crippen LogP contribution in [-0.2, 0) is 6.18 Å². The van der Waals surface area contributed by atoms with E-state index < -0.39 is 34.9 Å². The van der Waals surface area contributed by atoms with Crippen LogP contribution in [-0.4, -0.2) is 20.6 Å². The summed E-state index contributed by atoms with van der Waals surface area (Å²) in [6.45, 7) is 0. The number of aromatic amines is 1. The molecule has 3 aromatic rings. The molecule has 0 saturated carbocycles. The van der Waals surface area contributed by atoms with Gasteiger partial charge >= 0.3 is 6.18 Å². The number of ether oxygens (including phenoxy) is 1. The van der Waals surface area contributed by atoms with Crippen LogP contribution >= 0.6 is 0 Å². The van der Waals surface area contributed by atoms with Gasteiger partial charge < -0.3 is 10.1 Å². The van der Waals surface area contributed by atoms with Gasteiger partial charge in [-0.2, -0.15) is 23.6 Å². The predicted molar refractivity (Wildman–Crippen MR) is 89.2 cm³/mol. The van der Waals surface area contributed by atoms with E-state index in [-0.39, 0.29) is 35.0 Å². The minimum Gasteiger partial charge on any atom is -0.451 e. The maximum Gasteiger partial charge on any atom is 0.416 e. The lowest BCUT2D eigenvalue weighted by Gasteiger charge is -2.12. The molecule has 7 nitrogen and oxygen atoms in total. The molecule has 13 heteroatoms. The first-order valence-corrected chi connectivity index (χ1v) is 7.83. The zero-order valence-electron chi connectivity index (χ0n) is 14.4. The number of hydrogen-bond acceptors (Lipinski definition) is 6. The molecule has 0 atom stereocenters. The van der Waals surface area contributed by atoms with Gasteiger partial charge in [0.05, 0.1) is 11.3 Å². The normalized spacial score (nSPS) is 11.8. The third-order valence-electron chi connectivity index (χ3n) is 3.56. The Morgan fingerprint density at radius 2 is 1.80 bits per heavy atom. The number of rotatable bonds is 5. The Labute approximate surface area is 163 Å². The van der Waals surface area contributed by atoms with Crippen molar-refractivity contribution in [3.8, 4) is 17.6 Å². The molecule has 0 aliphatic rings. The molecule has 2 aromatic carbocycles. The number of benzene rings is 2. The molecule has 0 saturated heterocycles. The Kier molecular flexibility index (Phi) is 5.58. The first-order valence-electron chi connectivity index (χ1n) is 7.83. The Morgan fingerprint density at radius 1 is 1.10 bits per heavy atom. The fourth-order valence-corrected chi connectivity index (χ4v) is 2.19. The minimum atomic E-state index is -4.95. The van der Waals surface area contributed by atoms with Crippen molar-refractivity contribution >= 4 is 11.3 Å². The first kappa shape index (κ1) is 20.6. The van der Waals surface area contributed by atoms with Crippen molar-refractivity contribution in [2.45, 2.75) is 6.18 Å². The summed E-state index contributed by atoms with van der Waals surface area (Å²) in [5.74, 6) is -5.69. The van der Waals surface area contributed by atoms with Gasteiger partial charge in [-0.05, 0) is 29.5 Å². The number of tetrazole rings is 1. The molecule has 3 rings (SSSR count). The third-order valence-corrected chi connectivity index (χ3v) is 3.56. The van der Waals surface area contributed by atoms with Crippen molar-refractivity contribution in [1.82, 2.24) is 20.6 Å². The fraction of sp³-hybridized carbons (Fsp3) is 0.0588. The molecule has 0 radical (unpaired) electrons. The number of aromatic nitrogens is 4. The largest absolute Gasteiger partial charge is 0.451 e. The third kappa shape index (κ3) is 4.49. The minimum absolute atomic E-state index is 0.0429. The van der Waals surface area contributed by atoms with E-state index in [0.29, 0.717) is 0 Å². The van der Waals surface area contributed by atoms with Crippen LogP contribution in [0.1, 0.15) is 11.4 Å². The molecule has 0 unspecified atom stereocenters. The lowest BCUT2D eigenvalue weighted by molar-refractivity contribution is -0.138. The Balaban J connectivity index is 1.80. The molecule has 2 N–H and O–H groups in total. The molecule has 0 fully saturated rings. The zero-order valence-corrected chi connectivity index (χ0v) is 14.4. The average Bonchev–Trinajstić information content (AvgIpc) is 3.20. The molecule has 0 spiro atoms. The number of alkyl halides is 3.